The number of halogens is 1. The van der Waals surface area contributed by atoms with E-state index in [2.05, 4.69) is 25.9 Å². The standard InChI is InChI=1S/C17H27N5O2.HI/c1-3-24-17(23)22-15(13-7-8-13)12-21-16(18-2)20-11-9-14-6-4-5-10-19-14;/h4-6,10,13,15H,3,7-9,11-12H2,1-2H3,(H,22,23)(H2,18,20,21);1H. The minimum absolute atomic E-state index is 0. The number of guanidine groups is 1. The second-order valence-electron chi connectivity index (χ2n) is 5.76. The van der Waals surface area contributed by atoms with Crippen molar-refractivity contribution in [1.82, 2.24) is 20.9 Å². The molecule has 1 heterocycles. The molecule has 2 rings (SSSR count). The van der Waals surface area contributed by atoms with Gasteiger partial charge in [0.05, 0.1) is 12.6 Å². The number of ether oxygens (including phenoxy) is 1. The van der Waals surface area contributed by atoms with Crippen LogP contribution in [0.4, 0.5) is 4.79 Å². The van der Waals surface area contributed by atoms with Gasteiger partial charge >= 0.3 is 6.09 Å². The quantitative estimate of drug-likeness (QED) is 0.313. The van der Waals surface area contributed by atoms with Gasteiger partial charge in [-0.3, -0.25) is 9.98 Å². The third kappa shape index (κ3) is 8.37. The molecule has 1 unspecified atom stereocenters. The van der Waals surface area contributed by atoms with E-state index in [1.807, 2.05) is 18.2 Å². The molecular formula is C17H28IN5O2. The van der Waals surface area contributed by atoms with Crippen LogP contribution in [0.2, 0.25) is 0 Å². The lowest BCUT2D eigenvalue weighted by Crippen LogP contribution is -2.48. The number of hydrogen-bond donors (Lipinski definition) is 3. The fourth-order valence-electron chi connectivity index (χ4n) is 2.44. The molecule has 3 N–H and O–H groups in total. The number of nitrogens with zero attached hydrogens (tertiary/aromatic N) is 2. The van der Waals surface area contributed by atoms with Gasteiger partial charge in [-0.25, -0.2) is 4.79 Å². The van der Waals surface area contributed by atoms with Crippen molar-refractivity contribution in [3.63, 3.8) is 0 Å². The molecule has 1 aromatic heterocycles. The molecule has 140 valence electrons. The topological polar surface area (TPSA) is 87.6 Å². The van der Waals surface area contributed by atoms with Crippen LogP contribution in [0.3, 0.4) is 0 Å². The predicted octanol–water partition coefficient (Wildman–Crippen LogP) is 1.93. The Bertz CT molecular complexity index is 537. The summed E-state index contributed by atoms with van der Waals surface area (Å²) in [5.41, 5.74) is 1.04. The van der Waals surface area contributed by atoms with Crippen LogP contribution in [0, 0.1) is 5.92 Å². The highest BCUT2D eigenvalue weighted by Gasteiger charge is 2.32. The fourth-order valence-corrected chi connectivity index (χ4v) is 2.44. The van der Waals surface area contributed by atoms with Gasteiger partial charge in [0.1, 0.15) is 0 Å². The molecular weight excluding hydrogens is 433 g/mol. The molecule has 0 aliphatic heterocycles. The summed E-state index contributed by atoms with van der Waals surface area (Å²) in [6.45, 7) is 3.56. The molecule has 0 bridgehead atoms. The molecule has 1 aliphatic rings. The largest absolute Gasteiger partial charge is 0.450 e. The molecule has 1 fully saturated rings. The lowest BCUT2D eigenvalue weighted by Gasteiger charge is -2.20. The van der Waals surface area contributed by atoms with Crippen molar-refractivity contribution in [3.8, 4) is 0 Å². The Labute approximate surface area is 166 Å². The van der Waals surface area contributed by atoms with Crippen LogP contribution in [-0.4, -0.2) is 49.8 Å². The van der Waals surface area contributed by atoms with Gasteiger partial charge in [-0.15, -0.1) is 24.0 Å². The highest BCUT2D eigenvalue weighted by Crippen LogP contribution is 2.32. The van der Waals surface area contributed by atoms with Crippen LogP contribution in [0.25, 0.3) is 0 Å². The highest BCUT2D eigenvalue weighted by atomic mass is 127. The first-order valence-electron chi connectivity index (χ1n) is 8.50. The smallest absolute Gasteiger partial charge is 0.407 e. The number of amides is 1. The summed E-state index contributed by atoms with van der Waals surface area (Å²) in [5.74, 6) is 1.25. The number of carbonyl (C=O) groups is 1. The molecule has 1 aliphatic carbocycles. The molecule has 1 saturated carbocycles. The van der Waals surface area contributed by atoms with Gasteiger partial charge in [-0.05, 0) is 37.8 Å². The maximum absolute atomic E-state index is 11.6. The maximum atomic E-state index is 11.6. The minimum Gasteiger partial charge on any atom is -0.450 e. The third-order valence-corrected chi connectivity index (χ3v) is 3.88. The van der Waals surface area contributed by atoms with Crippen LogP contribution >= 0.6 is 24.0 Å². The zero-order valence-electron chi connectivity index (χ0n) is 14.8. The lowest BCUT2D eigenvalue weighted by atomic mass is 10.2. The summed E-state index contributed by atoms with van der Waals surface area (Å²) >= 11 is 0. The lowest BCUT2D eigenvalue weighted by molar-refractivity contribution is 0.146. The summed E-state index contributed by atoms with van der Waals surface area (Å²) in [6.07, 6.45) is 4.56. The van der Waals surface area contributed by atoms with Crippen LogP contribution < -0.4 is 16.0 Å². The van der Waals surface area contributed by atoms with Crippen molar-refractivity contribution in [3.05, 3.63) is 30.1 Å². The molecule has 0 aromatic carbocycles. The normalized spacial score (nSPS) is 14.9. The van der Waals surface area contributed by atoms with E-state index >= 15 is 0 Å². The van der Waals surface area contributed by atoms with E-state index in [1.54, 1.807) is 20.2 Å². The van der Waals surface area contributed by atoms with Crippen molar-refractivity contribution >= 4 is 36.0 Å². The number of aromatic nitrogens is 1. The molecule has 25 heavy (non-hydrogen) atoms. The van der Waals surface area contributed by atoms with Gasteiger partial charge < -0.3 is 20.7 Å². The van der Waals surface area contributed by atoms with Crippen molar-refractivity contribution in [2.24, 2.45) is 10.9 Å². The van der Waals surface area contributed by atoms with E-state index in [4.69, 9.17) is 4.74 Å². The number of carbonyl (C=O) groups excluding carboxylic acids is 1. The predicted molar refractivity (Wildman–Crippen MR) is 109 cm³/mol. The average Bonchev–Trinajstić information content (AvgIpc) is 3.43. The SMILES string of the molecule is CCOC(=O)NC(CNC(=NC)NCCc1ccccn1)C1CC1.I. The van der Waals surface area contributed by atoms with Gasteiger partial charge in [-0.1, -0.05) is 6.07 Å². The van der Waals surface area contributed by atoms with Crippen molar-refractivity contribution in [2.45, 2.75) is 32.2 Å². The molecule has 8 heteroatoms. The van der Waals surface area contributed by atoms with Crippen LogP contribution in [0.1, 0.15) is 25.5 Å². The van der Waals surface area contributed by atoms with Crippen LogP contribution in [-0.2, 0) is 11.2 Å². The first-order chi connectivity index (χ1) is 11.7. The summed E-state index contributed by atoms with van der Waals surface area (Å²) in [6, 6.07) is 5.96. The zero-order chi connectivity index (χ0) is 17.2. The molecule has 7 nitrogen and oxygen atoms in total. The monoisotopic (exact) mass is 461 g/mol. The Hall–Kier alpha value is -1.58. The third-order valence-electron chi connectivity index (χ3n) is 3.88. The number of nitrogens with one attached hydrogen (secondary N) is 3. The van der Waals surface area contributed by atoms with E-state index in [-0.39, 0.29) is 36.1 Å². The first-order valence-corrected chi connectivity index (χ1v) is 8.50. The van der Waals surface area contributed by atoms with Crippen molar-refractivity contribution in [2.75, 3.05) is 26.7 Å². The number of hydrogen-bond acceptors (Lipinski definition) is 4. The van der Waals surface area contributed by atoms with E-state index in [0.29, 0.717) is 19.1 Å². The van der Waals surface area contributed by atoms with Crippen LogP contribution in [0.15, 0.2) is 29.4 Å². The zero-order valence-corrected chi connectivity index (χ0v) is 17.2. The van der Waals surface area contributed by atoms with Crippen molar-refractivity contribution < 1.29 is 9.53 Å². The van der Waals surface area contributed by atoms with Crippen LogP contribution in [0.5, 0.6) is 0 Å². The Balaban J connectivity index is 0.00000312. The molecule has 0 spiro atoms. The first kappa shape index (κ1) is 21.5. The van der Waals surface area contributed by atoms with Crippen molar-refractivity contribution in [1.29, 1.82) is 0 Å². The summed E-state index contributed by atoms with van der Waals surface area (Å²) in [5, 5.41) is 9.46. The number of rotatable bonds is 8. The highest BCUT2D eigenvalue weighted by molar-refractivity contribution is 14.0. The summed E-state index contributed by atoms with van der Waals surface area (Å²) in [4.78, 5) is 20.1. The Morgan fingerprint density at radius 2 is 2.20 bits per heavy atom. The number of pyridine rings is 1. The maximum Gasteiger partial charge on any atom is 0.407 e. The van der Waals surface area contributed by atoms with Gasteiger partial charge in [0.25, 0.3) is 0 Å². The Kier molecular flexibility index (Phi) is 10.2. The number of alkyl carbamates (subject to hydrolysis) is 1. The molecule has 0 radical (unpaired) electrons. The Morgan fingerprint density at radius 1 is 1.40 bits per heavy atom. The second kappa shape index (κ2) is 11.9. The molecule has 1 atom stereocenters. The van der Waals surface area contributed by atoms with E-state index in [1.165, 1.54) is 0 Å². The van der Waals surface area contributed by atoms with E-state index < -0.39 is 0 Å². The van der Waals surface area contributed by atoms with Gasteiger partial charge in [0, 0.05) is 38.4 Å². The average molecular weight is 461 g/mol. The van der Waals surface area contributed by atoms with Gasteiger partial charge in [0.15, 0.2) is 5.96 Å². The minimum atomic E-state index is -0.353. The molecule has 0 saturated heterocycles. The van der Waals surface area contributed by atoms with E-state index in [0.717, 1.165) is 37.5 Å². The number of aliphatic imine (C=N–C) groups is 1. The Morgan fingerprint density at radius 3 is 2.80 bits per heavy atom. The summed E-state index contributed by atoms with van der Waals surface area (Å²) in [7, 11) is 1.74. The van der Waals surface area contributed by atoms with E-state index in [9.17, 15) is 4.79 Å². The second-order valence-corrected chi connectivity index (χ2v) is 5.76. The molecule has 1 amide bonds. The molecule has 1 aromatic rings. The van der Waals surface area contributed by atoms with Gasteiger partial charge in [-0.2, -0.15) is 0 Å². The van der Waals surface area contributed by atoms with Gasteiger partial charge in [0.2, 0.25) is 0 Å². The summed E-state index contributed by atoms with van der Waals surface area (Å²) < 4.78 is 4.97. The fraction of sp³-hybridized carbons (Fsp3) is 0.588.